The summed E-state index contributed by atoms with van der Waals surface area (Å²) in [7, 11) is 3.19. The zero-order valence-electron chi connectivity index (χ0n) is 11.0. The van der Waals surface area contributed by atoms with Crippen molar-refractivity contribution in [1.82, 2.24) is 4.98 Å². The van der Waals surface area contributed by atoms with Crippen LogP contribution >= 0.6 is 0 Å². The molecule has 1 aromatic heterocycles. The van der Waals surface area contributed by atoms with Gasteiger partial charge in [-0.2, -0.15) is 0 Å². The van der Waals surface area contributed by atoms with Gasteiger partial charge in [-0.15, -0.1) is 0 Å². The molecule has 1 heterocycles. The first-order chi connectivity index (χ1) is 9.24. The topological polar surface area (TPSA) is 51.6 Å². The molecule has 0 aliphatic rings. The van der Waals surface area contributed by atoms with Gasteiger partial charge >= 0.3 is 0 Å². The molecule has 1 aromatic carbocycles. The molecule has 0 amide bonds. The van der Waals surface area contributed by atoms with Crippen LogP contribution in [0.15, 0.2) is 42.6 Å². The van der Waals surface area contributed by atoms with Crippen molar-refractivity contribution >= 4 is 0 Å². The van der Waals surface area contributed by atoms with E-state index < -0.39 is 6.10 Å². The number of rotatable bonds is 5. The Labute approximate surface area is 112 Å². The number of nitrogens with zero attached hydrogens (tertiary/aromatic N) is 1. The highest BCUT2D eigenvalue weighted by atomic mass is 16.5. The lowest BCUT2D eigenvalue weighted by Gasteiger charge is -2.12. The Hall–Kier alpha value is -2.07. The van der Waals surface area contributed by atoms with Crippen LogP contribution in [0.4, 0.5) is 0 Å². The lowest BCUT2D eigenvalue weighted by molar-refractivity contribution is 0.173. The minimum Gasteiger partial charge on any atom is -0.493 e. The van der Waals surface area contributed by atoms with Gasteiger partial charge in [0.05, 0.1) is 26.0 Å². The number of ether oxygens (including phenoxy) is 2. The van der Waals surface area contributed by atoms with Crippen LogP contribution < -0.4 is 9.47 Å². The van der Waals surface area contributed by atoms with Crippen LogP contribution in [0.5, 0.6) is 11.5 Å². The van der Waals surface area contributed by atoms with Gasteiger partial charge in [-0.3, -0.25) is 4.98 Å². The second-order valence-corrected chi connectivity index (χ2v) is 4.16. The standard InChI is InChI=1S/C15H17NO3/c1-18-14-7-6-11(10-15(14)19-2)9-13(17)12-5-3-4-8-16-12/h3-8,10,13,17H,9H2,1-2H3. The zero-order chi connectivity index (χ0) is 13.7. The van der Waals surface area contributed by atoms with E-state index in [0.29, 0.717) is 23.6 Å². The maximum atomic E-state index is 10.1. The smallest absolute Gasteiger partial charge is 0.160 e. The van der Waals surface area contributed by atoms with Gasteiger partial charge in [0, 0.05) is 12.6 Å². The third kappa shape index (κ3) is 3.23. The Balaban J connectivity index is 2.15. The molecule has 0 fully saturated rings. The quantitative estimate of drug-likeness (QED) is 0.895. The molecule has 0 saturated carbocycles. The number of aliphatic hydroxyl groups is 1. The van der Waals surface area contributed by atoms with Crippen LogP contribution in [0.2, 0.25) is 0 Å². The summed E-state index contributed by atoms with van der Waals surface area (Å²) in [6.45, 7) is 0. The van der Waals surface area contributed by atoms with Gasteiger partial charge in [-0.1, -0.05) is 12.1 Å². The molecule has 2 aromatic rings. The molecular weight excluding hydrogens is 242 g/mol. The van der Waals surface area contributed by atoms with Crippen molar-refractivity contribution in [2.24, 2.45) is 0 Å². The SMILES string of the molecule is COc1ccc(CC(O)c2ccccn2)cc1OC. The minimum atomic E-state index is -0.626. The van der Waals surface area contributed by atoms with E-state index >= 15 is 0 Å². The van der Waals surface area contributed by atoms with Gasteiger partial charge in [0.2, 0.25) is 0 Å². The number of aromatic nitrogens is 1. The lowest BCUT2D eigenvalue weighted by atomic mass is 10.0. The maximum Gasteiger partial charge on any atom is 0.160 e. The first kappa shape index (κ1) is 13.4. The highest BCUT2D eigenvalue weighted by Crippen LogP contribution is 2.29. The third-order valence-corrected chi connectivity index (χ3v) is 2.91. The number of benzene rings is 1. The van der Waals surface area contributed by atoms with E-state index in [1.54, 1.807) is 20.4 Å². The van der Waals surface area contributed by atoms with Crippen LogP contribution in [0.1, 0.15) is 17.4 Å². The Kier molecular flexibility index (Phi) is 4.36. The Morgan fingerprint density at radius 3 is 2.53 bits per heavy atom. The average Bonchev–Trinajstić information content (AvgIpc) is 2.48. The molecule has 1 unspecified atom stereocenters. The van der Waals surface area contributed by atoms with Gasteiger partial charge in [0.15, 0.2) is 11.5 Å². The highest BCUT2D eigenvalue weighted by Gasteiger charge is 2.11. The normalized spacial score (nSPS) is 11.9. The fourth-order valence-electron chi connectivity index (χ4n) is 1.91. The summed E-state index contributed by atoms with van der Waals surface area (Å²) in [5.74, 6) is 1.34. The molecule has 0 saturated heterocycles. The van der Waals surface area contributed by atoms with Crippen LogP contribution in [-0.4, -0.2) is 24.3 Å². The summed E-state index contributed by atoms with van der Waals surface area (Å²) in [6, 6.07) is 11.1. The average molecular weight is 259 g/mol. The van der Waals surface area contributed by atoms with Crippen LogP contribution in [-0.2, 0) is 6.42 Å². The molecule has 1 atom stereocenters. The molecule has 2 rings (SSSR count). The van der Waals surface area contributed by atoms with Crippen molar-refractivity contribution in [3.05, 3.63) is 53.9 Å². The van der Waals surface area contributed by atoms with E-state index in [4.69, 9.17) is 9.47 Å². The van der Waals surface area contributed by atoms with Crippen LogP contribution in [0.25, 0.3) is 0 Å². The molecule has 19 heavy (non-hydrogen) atoms. The van der Waals surface area contributed by atoms with Crippen molar-refractivity contribution in [1.29, 1.82) is 0 Å². The number of aliphatic hydroxyl groups excluding tert-OH is 1. The van der Waals surface area contributed by atoms with Crippen molar-refractivity contribution in [3.63, 3.8) is 0 Å². The van der Waals surface area contributed by atoms with Crippen LogP contribution in [0.3, 0.4) is 0 Å². The van der Waals surface area contributed by atoms with Crippen molar-refractivity contribution in [3.8, 4) is 11.5 Å². The summed E-state index contributed by atoms with van der Waals surface area (Å²) >= 11 is 0. The van der Waals surface area contributed by atoms with Gasteiger partial charge in [-0.05, 0) is 29.8 Å². The Morgan fingerprint density at radius 2 is 1.89 bits per heavy atom. The van der Waals surface area contributed by atoms with Crippen molar-refractivity contribution in [2.75, 3.05) is 14.2 Å². The predicted octanol–water partition coefficient (Wildman–Crippen LogP) is 2.37. The van der Waals surface area contributed by atoms with Crippen LogP contribution in [0, 0.1) is 0 Å². The lowest BCUT2D eigenvalue weighted by Crippen LogP contribution is -2.04. The first-order valence-corrected chi connectivity index (χ1v) is 6.04. The molecule has 1 N–H and O–H groups in total. The summed E-state index contributed by atoms with van der Waals surface area (Å²) in [5.41, 5.74) is 1.63. The summed E-state index contributed by atoms with van der Waals surface area (Å²) in [5, 5.41) is 10.1. The summed E-state index contributed by atoms with van der Waals surface area (Å²) in [4.78, 5) is 4.15. The molecule has 0 aliphatic heterocycles. The Bertz CT molecular complexity index is 528. The fourth-order valence-corrected chi connectivity index (χ4v) is 1.91. The van der Waals surface area contributed by atoms with E-state index in [1.165, 1.54) is 0 Å². The van der Waals surface area contributed by atoms with Gasteiger partial charge in [0.25, 0.3) is 0 Å². The monoisotopic (exact) mass is 259 g/mol. The summed E-state index contributed by atoms with van der Waals surface area (Å²) < 4.78 is 10.4. The minimum absolute atomic E-state index is 0.483. The Morgan fingerprint density at radius 1 is 1.11 bits per heavy atom. The first-order valence-electron chi connectivity index (χ1n) is 6.04. The van der Waals surface area contributed by atoms with E-state index in [2.05, 4.69) is 4.98 Å². The second-order valence-electron chi connectivity index (χ2n) is 4.16. The molecular formula is C15H17NO3. The fraction of sp³-hybridized carbons (Fsp3) is 0.267. The number of hydrogen-bond donors (Lipinski definition) is 1. The zero-order valence-corrected chi connectivity index (χ0v) is 11.0. The summed E-state index contributed by atoms with van der Waals surface area (Å²) in [6.07, 6.45) is 1.53. The molecule has 0 radical (unpaired) electrons. The van der Waals surface area contributed by atoms with Gasteiger partial charge < -0.3 is 14.6 Å². The third-order valence-electron chi connectivity index (χ3n) is 2.91. The van der Waals surface area contributed by atoms with Gasteiger partial charge in [-0.25, -0.2) is 0 Å². The maximum absolute atomic E-state index is 10.1. The molecule has 4 nitrogen and oxygen atoms in total. The highest BCUT2D eigenvalue weighted by molar-refractivity contribution is 5.43. The van der Waals surface area contributed by atoms with E-state index in [-0.39, 0.29) is 0 Å². The van der Waals surface area contributed by atoms with E-state index in [9.17, 15) is 5.11 Å². The van der Waals surface area contributed by atoms with Crippen molar-refractivity contribution < 1.29 is 14.6 Å². The molecule has 4 heteroatoms. The largest absolute Gasteiger partial charge is 0.493 e. The molecule has 100 valence electrons. The number of hydrogen-bond acceptors (Lipinski definition) is 4. The number of pyridine rings is 1. The number of methoxy groups -OCH3 is 2. The molecule has 0 spiro atoms. The van der Waals surface area contributed by atoms with E-state index in [0.717, 1.165) is 5.56 Å². The second kappa shape index (κ2) is 6.20. The van der Waals surface area contributed by atoms with Crippen molar-refractivity contribution in [2.45, 2.75) is 12.5 Å². The van der Waals surface area contributed by atoms with Gasteiger partial charge in [0.1, 0.15) is 0 Å². The molecule has 0 bridgehead atoms. The van der Waals surface area contributed by atoms with E-state index in [1.807, 2.05) is 36.4 Å². The molecule has 0 aliphatic carbocycles. The predicted molar refractivity (Wildman–Crippen MR) is 72.4 cm³/mol.